The lowest BCUT2D eigenvalue weighted by molar-refractivity contribution is 0.0793. The Morgan fingerprint density at radius 1 is 1.26 bits per heavy atom. The maximum absolute atomic E-state index is 12.2. The molecule has 0 radical (unpaired) electrons. The van der Waals surface area contributed by atoms with Crippen LogP contribution in [0, 0.1) is 0 Å². The van der Waals surface area contributed by atoms with Crippen molar-refractivity contribution >= 4 is 11.7 Å². The fraction of sp³-hybridized carbons (Fsp3) is 0.154. The third kappa shape index (κ3) is 1.61. The Morgan fingerprint density at radius 3 is 2.74 bits per heavy atom. The second kappa shape index (κ2) is 3.94. The van der Waals surface area contributed by atoms with Gasteiger partial charge < -0.3 is 10.6 Å². The molecule has 0 aliphatic carbocycles. The number of H-pyrrole nitrogens is 1. The Labute approximate surface area is 108 Å². The summed E-state index contributed by atoms with van der Waals surface area (Å²) in [5.74, 6) is 0.174. The van der Waals surface area contributed by atoms with E-state index in [0.29, 0.717) is 11.1 Å². The summed E-state index contributed by atoms with van der Waals surface area (Å²) >= 11 is 0. The van der Waals surface area contributed by atoms with Crippen LogP contribution in [0.3, 0.4) is 0 Å². The van der Waals surface area contributed by atoms with Crippen LogP contribution in [0.15, 0.2) is 35.3 Å². The molecule has 96 valence electrons. The molecule has 6 heteroatoms. The first kappa shape index (κ1) is 11.5. The van der Waals surface area contributed by atoms with Gasteiger partial charge >= 0.3 is 5.69 Å². The Morgan fingerprint density at radius 2 is 2.00 bits per heavy atom. The molecule has 0 spiro atoms. The number of amides is 1. The van der Waals surface area contributed by atoms with E-state index in [4.69, 9.17) is 5.73 Å². The van der Waals surface area contributed by atoms with E-state index in [2.05, 4.69) is 9.97 Å². The molecule has 1 unspecified atom stereocenters. The van der Waals surface area contributed by atoms with Crippen LogP contribution in [0.1, 0.15) is 27.5 Å². The van der Waals surface area contributed by atoms with Crippen molar-refractivity contribution in [3.05, 3.63) is 57.6 Å². The highest BCUT2D eigenvalue weighted by molar-refractivity contribution is 5.99. The summed E-state index contributed by atoms with van der Waals surface area (Å²) in [6.45, 7) is 0. The Bertz CT molecular complexity index is 723. The first-order chi connectivity index (χ1) is 9.09. The number of carbonyl (C=O) groups excluding carboxylic acids is 1. The minimum atomic E-state index is -0.499. The Balaban J connectivity index is 2.20. The lowest BCUT2D eigenvalue weighted by Crippen LogP contribution is -2.26. The number of carbonyl (C=O) groups is 1. The van der Waals surface area contributed by atoms with Crippen LogP contribution in [-0.4, -0.2) is 27.8 Å². The number of nitrogen functional groups attached to an aromatic ring is 1. The molecule has 6 nitrogen and oxygen atoms in total. The van der Waals surface area contributed by atoms with Gasteiger partial charge in [-0.1, -0.05) is 18.2 Å². The third-order valence-electron chi connectivity index (χ3n) is 3.36. The van der Waals surface area contributed by atoms with Crippen LogP contribution >= 0.6 is 0 Å². The van der Waals surface area contributed by atoms with Gasteiger partial charge in [-0.15, -0.1) is 0 Å². The highest BCUT2D eigenvalue weighted by atomic mass is 16.2. The smallest absolute Gasteiger partial charge is 0.346 e. The molecule has 2 aromatic rings. The van der Waals surface area contributed by atoms with E-state index in [1.165, 1.54) is 6.20 Å². The lowest BCUT2D eigenvalue weighted by atomic mass is 9.99. The molecule has 1 atom stereocenters. The van der Waals surface area contributed by atoms with Gasteiger partial charge in [0.05, 0.1) is 6.04 Å². The van der Waals surface area contributed by atoms with E-state index in [-0.39, 0.29) is 17.8 Å². The molecule has 3 N–H and O–H groups in total. The fourth-order valence-electron chi connectivity index (χ4n) is 2.46. The normalized spacial score (nSPS) is 17.6. The van der Waals surface area contributed by atoms with Gasteiger partial charge in [-0.2, -0.15) is 0 Å². The highest BCUT2D eigenvalue weighted by Crippen LogP contribution is 2.38. The number of aromatic nitrogens is 2. The molecule has 3 rings (SSSR count). The molecule has 1 aromatic carbocycles. The third-order valence-corrected chi connectivity index (χ3v) is 3.36. The van der Waals surface area contributed by atoms with Gasteiger partial charge in [-0.3, -0.25) is 9.78 Å². The molecular weight excluding hydrogens is 244 g/mol. The summed E-state index contributed by atoms with van der Waals surface area (Å²) in [7, 11) is 1.71. The van der Waals surface area contributed by atoms with Gasteiger partial charge in [0.2, 0.25) is 0 Å². The Kier molecular flexibility index (Phi) is 2.38. The van der Waals surface area contributed by atoms with Crippen molar-refractivity contribution in [3.63, 3.8) is 0 Å². The number of nitrogens with two attached hydrogens (primary N) is 1. The van der Waals surface area contributed by atoms with E-state index in [1.807, 2.05) is 18.2 Å². The average molecular weight is 256 g/mol. The molecule has 0 bridgehead atoms. The first-order valence-electron chi connectivity index (χ1n) is 5.80. The SMILES string of the molecule is CN1C(=O)c2ccccc2C1c1cnc(=O)[nH]c1N. The van der Waals surface area contributed by atoms with Crippen LogP contribution in [0.25, 0.3) is 0 Å². The van der Waals surface area contributed by atoms with E-state index >= 15 is 0 Å². The number of nitrogens with zero attached hydrogens (tertiary/aromatic N) is 2. The molecule has 2 heterocycles. The maximum Gasteiger partial charge on any atom is 0.346 e. The van der Waals surface area contributed by atoms with Gasteiger partial charge in [0.25, 0.3) is 5.91 Å². The molecular formula is C13H12N4O2. The van der Waals surface area contributed by atoms with E-state index in [9.17, 15) is 9.59 Å². The fourth-order valence-corrected chi connectivity index (χ4v) is 2.46. The largest absolute Gasteiger partial charge is 0.385 e. The molecule has 19 heavy (non-hydrogen) atoms. The van der Waals surface area contributed by atoms with Crippen molar-refractivity contribution in [1.29, 1.82) is 0 Å². The number of hydrogen-bond donors (Lipinski definition) is 2. The predicted octanol–water partition coefficient (Wildman–Crippen LogP) is 0.527. The predicted molar refractivity (Wildman–Crippen MR) is 69.6 cm³/mol. The standard InChI is InChI=1S/C13H12N4O2/c1-17-10(9-6-15-13(19)16-11(9)14)7-4-2-3-5-8(7)12(17)18/h2-6,10H,1H3,(H3,14,15,16,19). The minimum Gasteiger partial charge on any atom is -0.385 e. The van der Waals surface area contributed by atoms with E-state index in [1.54, 1.807) is 18.0 Å². The van der Waals surface area contributed by atoms with Gasteiger partial charge in [0.15, 0.2) is 0 Å². The highest BCUT2D eigenvalue weighted by Gasteiger charge is 2.36. The monoisotopic (exact) mass is 256 g/mol. The molecule has 0 saturated heterocycles. The summed E-state index contributed by atoms with van der Waals surface area (Å²) in [6, 6.07) is 7.04. The second-order valence-electron chi connectivity index (χ2n) is 4.46. The zero-order chi connectivity index (χ0) is 13.6. The second-order valence-corrected chi connectivity index (χ2v) is 4.46. The van der Waals surface area contributed by atoms with Gasteiger partial charge in [0, 0.05) is 24.4 Å². The quantitative estimate of drug-likeness (QED) is 0.778. The van der Waals surface area contributed by atoms with Gasteiger partial charge in [0.1, 0.15) is 5.82 Å². The van der Waals surface area contributed by atoms with Crippen molar-refractivity contribution in [2.75, 3.05) is 12.8 Å². The number of nitrogens with one attached hydrogen (secondary N) is 1. The van der Waals surface area contributed by atoms with Crippen molar-refractivity contribution in [2.24, 2.45) is 0 Å². The van der Waals surface area contributed by atoms with Crippen LogP contribution in [0.5, 0.6) is 0 Å². The maximum atomic E-state index is 12.2. The zero-order valence-corrected chi connectivity index (χ0v) is 10.3. The van der Waals surface area contributed by atoms with Crippen molar-refractivity contribution in [3.8, 4) is 0 Å². The summed E-state index contributed by atoms with van der Waals surface area (Å²) in [5, 5.41) is 0. The topological polar surface area (TPSA) is 92.1 Å². The van der Waals surface area contributed by atoms with Crippen LogP contribution in [0.4, 0.5) is 5.82 Å². The zero-order valence-electron chi connectivity index (χ0n) is 10.3. The summed E-state index contributed by atoms with van der Waals surface area (Å²) in [4.78, 5) is 31.0. The number of benzene rings is 1. The number of hydrogen-bond acceptors (Lipinski definition) is 4. The van der Waals surface area contributed by atoms with Crippen molar-refractivity contribution < 1.29 is 4.79 Å². The number of rotatable bonds is 1. The van der Waals surface area contributed by atoms with E-state index in [0.717, 1.165) is 5.56 Å². The first-order valence-corrected chi connectivity index (χ1v) is 5.80. The molecule has 1 aromatic heterocycles. The van der Waals surface area contributed by atoms with Crippen molar-refractivity contribution in [2.45, 2.75) is 6.04 Å². The van der Waals surface area contributed by atoms with Gasteiger partial charge in [-0.25, -0.2) is 9.78 Å². The molecule has 1 aliphatic rings. The molecule has 1 amide bonds. The van der Waals surface area contributed by atoms with Crippen LogP contribution < -0.4 is 11.4 Å². The number of anilines is 1. The van der Waals surface area contributed by atoms with Crippen molar-refractivity contribution in [1.82, 2.24) is 14.9 Å². The molecule has 0 fully saturated rings. The summed E-state index contributed by atoms with van der Waals surface area (Å²) in [5.41, 5.74) is 7.48. The van der Waals surface area contributed by atoms with Crippen LogP contribution in [-0.2, 0) is 0 Å². The van der Waals surface area contributed by atoms with E-state index < -0.39 is 5.69 Å². The number of aromatic amines is 1. The van der Waals surface area contributed by atoms with Crippen LogP contribution in [0.2, 0.25) is 0 Å². The summed E-state index contributed by atoms with van der Waals surface area (Å²) < 4.78 is 0. The van der Waals surface area contributed by atoms with Gasteiger partial charge in [-0.05, 0) is 11.6 Å². The molecule has 0 saturated carbocycles. The average Bonchev–Trinajstić information content (AvgIpc) is 2.64. The molecule has 1 aliphatic heterocycles. The Hall–Kier alpha value is -2.63. The summed E-state index contributed by atoms with van der Waals surface area (Å²) in [6.07, 6.45) is 1.42. The number of fused-ring (bicyclic) bond motifs is 1. The minimum absolute atomic E-state index is 0.0637. The lowest BCUT2D eigenvalue weighted by Gasteiger charge is -2.21.